The molecule has 15 heavy (non-hydrogen) atoms. The van der Waals surface area contributed by atoms with Crippen molar-refractivity contribution in [2.24, 2.45) is 5.92 Å². The molecule has 0 N–H and O–H groups in total. The summed E-state index contributed by atoms with van der Waals surface area (Å²) in [5.41, 5.74) is 0. The molecule has 0 bridgehead atoms. The highest BCUT2D eigenvalue weighted by atomic mass is 16.5. The average molecular weight is 211 g/mol. The third kappa shape index (κ3) is 4.12. The van der Waals surface area contributed by atoms with E-state index in [1.165, 1.54) is 58.2 Å². The van der Waals surface area contributed by atoms with E-state index in [9.17, 15) is 0 Å². The molecule has 0 spiro atoms. The van der Waals surface area contributed by atoms with Crippen LogP contribution in [0.3, 0.4) is 0 Å². The summed E-state index contributed by atoms with van der Waals surface area (Å²) in [5.74, 6) is 1.01. The molecule has 1 unspecified atom stereocenters. The van der Waals surface area contributed by atoms with Gasteiger partial charge >= 0.3 is 0 Å². The molecule has 0 aromatic carbocycles. The molecule has 0 amide bonds. The zero-order valence-corrected chi connectivity index (χ0v) is 10.1. The lowest BCUT2D eigenvalue weighted by atomic mass is 10.1. The van der Waals surface area contributed by atoms with Gasteiger partial charge in [-0.2, -0.15) is 0 Å². The molecular formula is C13H25NO. The normalized spacial score (nSPS) is 27.2. The third-order valence-corrected chi connectivity index (χ3v) is 3.49. The first-order valence-corrected chi connectivity index (χ1v) is 6.72. The van der Waals surface area contributed by atoms with Crippen molar-refractivity contribution < 1.29 is 4.74 Å². The van der Waals surface area contributed by atoms with Crippen LogP contribution in [0.1, 0.15) is 45.4 Å². The first-order valence-electron chi connectivity index (χ1n) is 6.72. The minimum absolute atomic E-state index is 0.532. The molecule has 1 atom stereocenters. The smallest absolute Gasteiger partial charge is 0.0702 e. The highest BCUT2D eigenvalue weighted by molar-refractivity contribution is 4.79. The zero-order valence-electron chi connectivity index (χ0n) is 10.1. The second-order valence-corrected chi connectivity index (χ2v) is 5.19. The molecule has 1 aliphatic heterocycles. The minimum atomic E-state index is 0.532. The van der Waals surface area contributed by atoms with Crippen LogP contribution in [0.5, 0.6) is 0 Å². The fraction of sp³-hybridized carbons (Fsp3) is 1.00. The Bertz CT molecular complexity index is 173. The van der Waals surface area contributed by atoms with Crippen LogP contribution in [0.2, 0.25) is 0 Å². The van der Waals surface area contributed by atoms with Gasteiger partial charge in [-0.05, 0) is 51.0 Å². The number of nitrogens with zero attached hydrogens (tertiary/aromatic N) is 1. The SMILES string of the molecule is CCCN(CC1CC1)CC1CCCCO1. The van der Waals surface area contributed by atoms with Crippen molar-refractivity contribution in [3.63, 3.8) is 0 Å². The summed E-state index contributed by atoms with van der Waals surface area (Å²) in [6, 6.07) is 0. The lowest BCUT2D eigenvalue weighted by Crippen LogP contribution is -2.37. The Balaban J connectivity index is 1.70. The van der Waals surface area contributed by atoms with E-state index in [2.05, 4.69) is 11.8 Å². The number of rotatable bonds is 6. The second kappa shape index (κ2) is 5.86. The lowest BCUT2D eigenvalue weighted by Gasteiger charge is -2.29. The zero-order chi connectivity index (χ0) is 10.5. The monoisotopic (exact) mass is 211 g/mol. The van der Waals surface area contributed by atoms with Gasteiger partial charge < -0.3 is 9.64 Å². The molecule has 2 aliphatic rings. The molecule has 0 radical (unpaired) electrons. The first-order chi connectivity index (χ1) is 7.38. The molecule has 1 heterocycles. The average Bonchev–Trinajstić information content (AvgIpc) is 3.03. The molecule has 1 saturated carbocycles. The summed E-state index contributed by atoms with van der Waals surface area (Å²) in [4.78, 5) is 2.63. The van der Waals surface area contributed by atoms with Crippen LogP contribution in [0.4, 0.5) is 0 Å². The van der Waals surface area contributed by atoms with Crippen molar-refractivity contribution in [2.45, 2.75) is 51.6 Å². The van der Waals surface area contributed by atoms with Gasteiger partial charge in [-0.3, -0.25) is 0 Å². The van der Waals surface area contributed by atoms with Gasteiger partial charge in [0.05, 0.1) is 6.10 Å². The van der Waals surface area contributed by atoms with E-state index in [1.54, 1.807) is 0 Å². The van der Waals surface area contributed by atoms with Gasteiger partial charge in [-0.15, -0.1) is 0 Å². The van der Waals surface area contributed by atoms with Crippen molar-refractivity contribution >= 4 is 0 Å². The lowest BCUT2D eigenvalue weighted by molar-refractivity contribution is -0.00640. The van der Waals surface area contributed by atoms with E-state index in [-0.39, 0.29) is 0 Å². The van der Waals surface area contributed by atoms with Gasteiger partial charge in [0.25, 0.3) is 0 Å². The maximum atomic E-state index is 5.82. The Hall–Kier alpha value is -0.0800. The highest BCUT2D eigenvalue weighted by Crippen LogP contribution is 2.30. The fourth-order valence-electron chi connectivity index (χ4n) is 2.48. The molecular weight excluding hydrogens is 186 g/mol. The summed E-state index contributed by atoms with van der Waals surface area (Å²) in [6.45, 7) is 7.05. The van der Waals surface area contributed by atoms with Crippen LogP contribution in [-0.2, 0) is 4.74 Å². The van der Waals surface area contributed by atoms with Crippen molar-refractivity contribution in [1.29, 1.82) is 0 Å². The van der Waals surface area contributed by atoms with Gasteiger partial charge in [0.1, 0.15) is 0 Å². The molecule has 0 aromatic heterocycles. The molecule has 2 rings (SSSR count). The Morgan fingerprint density at radius 3 is 2.60 bits per heavy atom. The maximum absolute atomic E-state index is 5.82. The largest absolute Gasteiger partial charge is 0.377 e. The quantitative estimate of drug-likeness (QED) is 0.670. The van der Waals surface area contributed by atoms with E-state index in [4.69, 9.17) is 4.74 Å². The van der Waals surface area contributed by atoms with Crippen LogP contribution in [0, 0.1) is 5.92 Å². The van der Waals surface area contributed by atoms with Crippen molar-refractivity contribution in [3.05, 3.63) is 0 Å². The molecule has 2 heteroatoms. The fourth-order valence-corrected chi connectivity index (χ4v) is 2.48. The Morgan fingerprint density at radius 1 is 1.13 bits per heavy atom. The summed E-state index contributed by atoms with van der Waals surface area (Å²) in [5, 5.41) is 0. The standard InChI is InChI=1S/C13H25NO/c1-2-8-14(10-12-6-7-12)11-13-5-3-4-9-15-13/h12-13H,2-11H2,1H3. The highest BCUT2D eigenvalue weighted by Gasteiger charge is 2.25. The van der Waals surface area contributed by atoms with Crippen LogP contribution >= 0.6 is 0 Å². The summed E-state index contributed by atoms with van der Waals surface area (Å²) < 4.78 is 5.82. The van der Waals surface area contributed by atoms with E-state index in [0.717, 1.165) is 12.5 Å². The van der Waals surface area contributed by atoms with E-state index in [1.807, 2.05) is 0 Å². The molecule has 1 aliphatic carbocycles. The Kier molecular flexibility index (Phi) is 4.45. The van der Waals surface area contributed by atoms with Crippen LogP contribution in [-0.4, -0.2) is 37.2 Å². The number of hydrogen-bond donors (Lipinski definition) is 0. The molecule has 1 saturated heterocycles. The van der Waals surface area contributed by atoms with E-state index in [0.29, 0.717) is 6.10 Å². The van der Waals surface area contributed by atoms with E-state index >= 15 is 0 Å². The molecule has 88 valence electrons. The number of hydrogen-bond acceptors (Lipinski definition) is 2. The predicted molar refractivity (Wildman–Crippen MR) is 63.0 cm³/mol. The molecule has 0 aromatic rings. The van der Waals surface area contributed by atoms with Crippen LogP contribution < -0.4 is 0 Å². The van der Waals surface area contributed by atoms with Gasteiger partial charge in [-0.1, -0.05) is 6.92 Å². The van der Waals surface area contributed by atoms with E-state index < -0.39 is 0 Å². The maximum Gasteiger partial charge on any atom is 0.0702 e. The van der Waals surface area contributed by atoms with Gasteiger partial charge in [0.15, 0.2) is 0 Å². The van der Waals surface area contributed by atoms with Gasteiger partial charge in [0.2, 0.25) is 0 Å². The van der Waals surface area contributed by atoms with Crippen molar-refractivity contribution in [2.75, 3.05) is 26.2 Å². The van der Waals surface area contributed by atoms with Gasteiger partial charge in [0, 0.05) is 19.7 Å². The van der Waals surface area contributed by atoms with Crippen molar-refractivity contribution in [3.8, 4) is 0 Å². The second-order valence-electron chi connectivity index (χ2n) is 5.19. The summed E-state index contributed by atoms with van der Waals surface area (Å²) in [6.07, 6.45) is 8.66. The summed E-state index contributed by atoms with van der Waals surface area (Å²) >= 11 is 0. The third-order valence-electron chi connectivity index (χ3n) is 3.49. The molecule has 2 nitrogen and oxygen atoms in total. The first kappa shape index (κ1) is 11.4. The minimum Gasteiger partial charge on any atom is -0.377 e. The van der Waals surface area contributed by atoms with Crippen LogP contribution in [0.15, 0.2) is 0 Å². The molecule has 2 fully saturated rings. The van der Waals surface area contributed by atoms with Crippen LogP contribution in [0.25, 0.3) is 0 Å². The van der Waals surface area contributed by atoms with Gasteiger partial charge in [-0.25, -0.2) is 0 Å². The number of ether oxygens (including phenoxy) is 1. The summed E-state index contributed by atoms with van der Waals surface area (Å²) in [7, 11) is 0. The van der Waals surface area contributed by atoms with Crippen molar-refractivity contribution in [1.82, 2.24) is 4.90 Å². The predicted octanol–water partition coefficient (Wildman–Crippen LogP) is 2.68. The topological polar surface area (TPSA) is 12.5 Å². The Labute approximate surface area is 94.0 Å². The Morgan fingerprint density at radius 2 is 2.00 bits per heavy atom.